The molecular weight excluding hydrogens is 412 g/mol. The van der Waals surface area contributed by atoms with Crippen molar-refractivity contribution in [2.45, 2.75) is 19.3 Å². The minimum atomic E-state index is -0.240. The van der Waals surface area contributed by atoms with Gasteiger partial charge in [-0.25, -0.2) is 14.4 Å². The van der Waals surface area contributed by atoms with Crippen molar-refractivity contribution in [1.29, 1.82) is 0 Å². The Kier molecular flexibility index (Phi) is 3.96. The molecule has 0 fully saturated rings. The number of rotatable bonds is 3. The van der Waals surface area contributed by atoms with Gasteiger partial charge in [0.05, 0.1) is 27.0 Å². The lowest BCUT2D eigenvalue weighted by atomic mass is 10.3. The van der Waals surface area contributed by atoms with E-state index < -0.39 is 0 Å². The quantitative estimate of drug-likeness (QED) is 0.465. The summed E-state index contributed by atoms with van der Waals surface area (Å²) in [6.07, 6.45) is 0. The van der Waals surface area contributed by atoms with Gasteiger partial charge in [-0.2, -0.15) is 0 Å². The van der Waals surface area contributed by atoms with Crippen molar-refractivity contribution in [2.24, 2.45) is 0 Å². The summed E-state index contributed by atoms with van der Waals surface area (Å²) in [6, 6.07) is 3.26. The predicted molar refractivity (Wildman–Crippen MR) is 87.9 cm³/mol. The molecule has 0 spiro atoms. The number of aromatic nitrogens is 3. The van der Waals surface area contributed by atoms with Crippen molar-refractivity contribution in [3.05, 3.63) is 43.4 Å². The Labute approximate surface area is 137 Å². The van der Waals surface area contributed by atoms with E-state index in [1.807, 2.05) is 39.5 Å². The highest BCUT2D eigenvalue weighted by Gasteiger charge is 2.14. The molecule has 0 radical (unpaired) electrons. The second kappa shape index (κ2) is 5.57. The number of imidazole rings is 1. The fourth-order valence-corrected chi connectivity index (χ4v) is 3.47. The van der Waals surface area contributed by atoms with Gasteiger partial charge in [-0.3, -0.25) is 0 Å². The van der Waals surface area contributed by atoms with E-state index in [2.05, 4.69) is 9.97 Å². The van der Waals surface area contributed by atoms with Gasteiger partial charge < -0.3 is 4.57 Å². The third-order valence-electron chi connectivity index (χ3n) is 2.95. The Hall–Kier alpha value is -0.730. The van der Waals surface area contributed by atoms with Crippen LogP contribution in [0.3, 0.4) is 0 Å². The van der Waals surface area contributed by atoms with Crippen LogP contribution in [0, 0.1) is 16.3 Å². The SMILES string of the molecule is Cc1csc(Cn2c(CCl)nc3cc(I)c(F)cc32)n1. The van der Waals surface area contributed by atoms with Crippen LogP contribution in [0.25, 0.3) is 11.0 Å². The van der Waals surface area contributed by atoms with Crippen LogP contribution in [0.5, 0.6) is 0 Å². The molecule has 2 aromatic heterocycles. The van der Waals surface area contributed by atoms with E-state index in [1.165, 1.54) is 6.07 Å². The molecule has 2 heterocycles. The highest BCUT2D eigenvalue weighted by Crippen LogP contribution is 2.24. The summed E-state index contributed by atoms with van der Waals surface area (Å²) >= 11 is 9.51. The van der Waals surface area contributed by atoms with Gasteiger partial charge in [-0.1, -0.05) is 0 Å². The minimum absolute atomic E-state index is 0.240. The van der Waals surface area contributed by atoms with Crippen molar-refractivity contribution >= 4 is 56.6 Å². The first-order chi connectivity index (χ1) is 9.58. The predicted octanol–water partition coefficient (Wildman–Crippen LogP) is 4.33. The number of benzene rings is 1. The molecule has 104 valence electrons. The first kappa shape index (κ1) is 14.2. The number of alkyl halides is 1. The molecule has 0 saturated heterocycles. The largest absolute Gasteiger partial charge is 0.320 e. The first-order valence-corrected chi connectivity index (χ1v) is 8.39. The number of fused-ring (bicyclic) bond motifs is 1. The van der Waals surface area contributed by atoms with Crippen LogP contribution in [-0.2, 0) is 12.4 Å². The van der Waals surface area contributed by atoms with Crippen LogP contribution >= 0.6 is 45.5 Å². The third-order valence-corrected chi connectivity index (χ3v) is 4.97. The molecule has 0 unspecified atom stereocenters. The molecule has 0 N–H and O–H groups in total. The Morgan fingerprint density at radius 3 is 2.85 bits per heavy atom. The van der Waals surface area contributed by atoms with Gasteiger partial charge in [-0.15, -0.1) is 22.9 Å². The first-order valence-electron chi connectivity index (χ1n) is 5.89. The number of hydrogen-bond donors (Lipinski definition) is 0. The molecule has 0 aliphatic heterocycles. The van der Waals surface area contributed by atoms with E-state index in [0.29, 0.717) is 10.1 Å². The highest BCUT2D eigenvalue weighted by molar-refractivity contribution is 14.1. The Bertz CT molecular complexity index is 783. The molecular formula is C13H10ClFIN3S. The third kappa shape index (κ3) is 2.56. The van der Waals surface area contributed by atoms with E-state index in [9.17, 15) is 4.39 Å². The van der Waals surface area contributed by atoms with Gasteiger partial charge in [0.1, 0.15) is 16.6 Å². The summed E-state index contributed by atoms with van der Waals surface area (Å²) in [6.45, 7) is 2.52. The molecule has 3 aromatic rings. The second-order valence-corrected chi connectivity index (χ2v) is 6.76. The monoisotopic (exact) mass is 421 g/mol. The molecule has 20 heavy (non-hydrogen) atoms. The van der Waals surface area contributed by atoms with E-state index in [1.54, 1.807) is 17.4 Å². The zero-order valence-electron chi connectivity index (χ0n) is 10.5. The zero-order valence-corrected chi connectivity index (χ0v) is 14.3. The summed E-state index contributed by atoms with van der Waals surface area (Å²) < 4.78 is 16.3. The molecule has 0 saturated carbocycles. The second-order valence-electron chi connectivity index (χ2n) is 4.39. The van der Waals surface area contributed by atoms with Crippen molar-refractivity contribution < 1.29 is 4.39 Å². The van der Waals surface area contributed by atoms with Crippen molar-refractivity contribution in [3.63, 3.8) is 0 Å². The van der Waals surface area contributed by atoms with Gasteiger partial charge in [0, 0.05) is 17.1 Å². The van der Waals surface area contributed by atoms with Crippen molar-refractivity contribution in [3.8, 4) is 0 Å². The summed E-state index contributed by atoms with van der Waals surface area (Å²) in [4.78, 5) is 8.91. The summed E-state index contributed by atoms with van der Waals surface area (Å²) in [7, 11) is 0. The van der Waals surface area contributed by atoms with Gasteiger partial charge in [0.2, 0.25) is 0 Å². The van der Waals surface area contributed by atoms with E-state index in [-0.39, 0.29) is 11.7 Å². The molecule has 3 nitrogen and oxygen atoms in total. The summed E-state index contributed by atoms with van der Waals surface area (Å²) in [5.41, 5.74) is 2.51. The van der Waals surface area contributed by atoms with Crippen LogP contribution in [0.2, 0.25) is 0 Å². The van der Waals surface area contributed by atoms with Gasteiger partial charge >= 0.3 is 0 Å². The standard InChI is InChI=1S/C13H10ClFIN3S/c1-7-6-20-13(17-7)5-19-11-2-8(15)9(16)3-10(11)18-12(19)4-14/h2-3,6H,4-5H2,1H3. The maximum atomic E-state index is 13.8. The Morgan fingerprint density at radius 2 is 2.20 bits per heavy atom. The van der Waals surface area contributed by atoms with E-state index >= 15 is 0 Å². The Balaban J connectivity index is 2.14. The number of nitrogens with zero attached hydrogens (tertiary/aromatic N) is 3. The zero-order chi connectivity index (χ0) is 14.3. The van der Waals surface area contributed by atoms with E-state index in [0.717, 1.165) is 27.6 Å². The maximum Gasteiger partial charge on any atom is 0.138 e. The molecule has 0 aliphatic rings. The minimum Gasteiger partial charge on any atom is -0.320 e. The highest BCUT2D eigenvalue weighted by atomic mass is 127. The van der Waals surface area contributed by atoms with Crippen molar-refractivity contribution in [1.82, 2.24) is 14.5 Å². The molecule has 0 amide bonds. The maximum absolute atomic E-state index is 13.8. The lowest BCUT2D eigenvalue weighted by Gasteiger charge is -2.05. The lowest BCUT2D eigenvalue weighted by Crippen LogP contribution is -2.03. The molecule has 1 aromatic carbocycles. The van der Waals surface area contributed by atoms with Crippen LogP contribution in [0.4, 0.5) is 4.39 Å². The molecule has 0 aliphatic carbocycles. The van der Waals surface area contributed by atoms with Gasteiger partial charge in [0.25, 0.3) is 0 Å². The fraction of sp³-hybridized carbons (Fsp3) is 0.231. The number of thiazole rings is 1. The molecule has 0 bridgehead atoms. The lowest BCUT2D eigenvalue weighted by molar-refractivity contribution is 0.621. The number of hydrogen-bond acceptors (Lipinski definition) is 3. The normalized spacial score (nSPS) is 11.4. The molecule has 7 heteroatoms. The smallest absolute Gasteiger partial charge is 0.138 e. The Morgan fingerprint density at radius 1 is 1.40 bits per heavy atom. The molecule has 0 atom stereocenters. The number of aryl methyl sites for hydroxylation is 1. The van der Waals surface area contributed by atoms with Crippen LogP contribution < -0.4 is 0 Å². The van der Waals surface area contributed by atoms with Crippen LogP contribution in [0.15, 0.2) is 17.5 Å². The van der Waals surface area contributed by atoms with Crippen LogP contribution in [-0.4, -0.2) is 14.5 Å². The van der Waals surface area contributed by atoms with Crippen molar-refractivity contribution in [2.75, 3.05) is 0 Å². The topological polar surface area (TPSA) is 30.7 Å². The molecule has 3 rings (SSSR count). The van der Waals surface area contributed by atoms with Crippen LogP contribution in [0.1, 0.15) is 16.5 Å². The fourth-order valence-electron chi connectivity index (χ4n) is 2.06. The van der Waals surface area contributed by atoms with Gasteiger partial charge in [0.15, 0.2) is 0 Å². The summed E-state index contributed by atoms with van der Waals surface area (Å²) in [5, 5.41) is 2.96. The summed E-state index contributed by atoms with van der Waals surface area (Å²) in [5.74, 6) is 0.781. The number of halogens is 3. The average Bonchev–Trinajstić information content (AvgIpc) is 2.96. The van der Waals surface area contributed by atoms with Gasteiger partial charge in [-0.05, 0) is 35.6 Å². The average molecular weight is 422 g/mol. The van der Waals surface area contributed by atoms with E-state index in [4.69, 9.17) is 11.6 Å².